The van der Waals surface area contributed by atoms with Crippen LogP contribution >= 0.6 is 11.3 Å². The molecular weight excluding hydrogens is 228 g/mol. The largest absolute Gasteiger partial charge is 0.311 e. The van der Waals surface area contributed by atoms with Crippen LogP contribution in [-0.2, 0) is 12.8 Å². The molecule has 1 heterocycles. The molecule has 17 heavy (non-hydrogen) atoms. The third kappa shape index (κ3) is 3.14. The average molecular weight is 246 g/mol. The zero-order valence-corrected chi connectivity index (χ0v) is 11.1. The highest BCUT2D eigenvalue weighted by atomic mass is 32.1. The highest BCUT2D eigenvalue weighted by Crippen LogP contribution is 2.18. The quantitative estimate of drug-likeness (QED) is 0.876. The smallest absolute Gasteiger partial charge is 0.0795 e. The Labute approximate surface area is 107 Å². The van der Waals surface area contributed by atoms with Crippen LogP contribution in [0.15, 0.2) is 35.2 Å². The first-order chi connectivity index (χ1) is 8.33. The number of rotatable bonds is 5. The highest BCUT2D eigenvalue weighted by molar-refractivity contribution is 7.07. The van der Waals surface area contributed by atoms with Crippen LogP contribution in [0.4, 0.5) is 0 Å². The Morgan fingerprint density at radius 2 is 1.94 bits per heavy atom. The molecule has 0 fully saturated rings. The van der Waals surface area contributed by atoms with Crippen molar-refractivity contribution in [3.05, 3.63) is 52.0 Å². The minimum atomic E-state index is 0.314. The molecule has 1 atom stereocenters. The zero-order chi connectivity index (χ0) is 12.1. The minimum Gasteiger partial charge on any atom is -0.311 e. The number of hydrogen-bond donors (Lipinski definition) is 1. The van der Waals surface area contributed by atoms with Gasteiger partial charge in [-0.05, 0) is 31.0 Å². The molecule has 1 aromatic carbocycles. The van der Waals surface area contributed by atoms with Gasteiger partial charge >= 0.3 is 0 Å². The third-order valence-corrected chi connectivity index (χ3v) is 3.63. The second kappa shape index (κ2) is 5.94. The van der Waals surface area contributed by atoms with Crippen LogP contribution in [0.2, 0.25) is 0 Å². The molecule has 0 aliphatic rings. The molecule has 1 aromatic heterocycles. The van der Waals surface area contributed by atoms with Gasteiger partial charge in [-0.3, -0.25) is 0 Å². The Hall–Kier alpha value is -1.19. The lowest BCUT2D eigenvalue weighted by Gasteiger charge is -2.14. The summed E-state index contributed by atoms with van der Waals surface area (Å²) in [6.07, 6.45) is 2.09. The fourth-order valence-electron chi connectivity index (χ4n) is 1.90. The van der Waals surface area contributed by atoms with E-state index in [1.165, 1.54) is 11.1 Å². The maximum absolute atomic E-state index is 4.37. The molecule has 1 unspecified atom stereocenters. The molecule has 0 spiro atoms. The summed E-state index contributed by atoms with van der Waals surface area (Å²) in [5, 5.41) is 5.44. The van der Waals surface area contributed by atoms with E-state index >= 15 is 0 Å². The Morgan fingerprint density at radius 3 is 2.47 bits per heavy atom. The molecule has 0 radical (unpaired) electrons. The van der Waals surface area contributed by atoms with E-state index in [9.17, 15) is 0 Å². The molecule has 1 N–H and O–H groups in total. The number of nitrogens with one attached hydrogen (secondary N) is 1. The maximum Gasteiger partial charge on any atom is 0.0795 e. The van der Waals surface area contributed by atoms with Gasteiger partial charge in [0.2, 0.25) is 0 Å². The second-order valence-electron chi connectivity index (χ2n) is 4.13. The lowest BCUT2D eigenvalue weighted by atomic mass is 10.0. The Balaban J connectivity index is 2.07. The summed E-state index contributed by atoms with van der Waals surface area (Å²) in [5.41, 5.74) is 5.77. The maximum atomic E-state index is 4.37. The number of thiazole rings is 1. The molecule has 90 valence electrons. The number of aryl methyl sites for hydroxylation is 1. The van der Waals surface area contributed by atoms with Crippen LogP contribution in [-0.4, -0.2) is 12.0 Å². The molecule has 2 aromatic rings. The molecule has 3 heteroatoms. The molecule has 0 aliphatic carbocycles. The molecule has 2 rings (SSSR count). The first kappa shape index (κ1) is 12.3. The molecule has 0 saturated heterocycles. The third-order valence-electron chi connectivity index (χ3n) is 3.03. The van der Waals surface area contributed by atoms with Gasteiger partial charge in [0.05, 0.1) is 17.2 Å². The van der Waals surface area contributed by atoms with Crippen LogP contribution in [0.25, 0.3) is 0 Å². The van der Waals surface area contributed by atoms with E-state index in [1.54, 1.807) is 11.3 Å². The van der Waals surface area contributed by atoms with Crippen molar-refractivity contribution in [2.75, 3.05) is 7.05 Å². The number of benzene rings is 1. The van der Waals surface area contributed by atoms with Gasteiger partial charge in [0, 0.05) is 5.38 Å². The van der Waals surface area contributed by atoms with E-state index in [0.717, 1.165) is 18.5 Å². The Bertz CT molecular complexity index is 434. The van der Waals surface area contributed by atoms with Crippen LogP contribution in [0, 0.1) is 0 Å². The first-order valence-electron chi connectivity index (χ1n) is 5.96. The van der Waals surface area contributed by atoms with Gasteiger partial charge in [0.15, 0.2) is 0 Å². The molecule has 2 nitrogen and oxygen atoms in total. The zero-order valence-electron chi connectivity index (χ0n) is 10.3. The van der Waals surface area contributed by atoms with E-state index in [-0.39, 0.29) is 0 Å². The van der Waals surface area contributed by atoms with Gasteiger partial charge in [-0.2, -0.15) is 0 Å². The molecule has 0 bridgehead atoms. The van der Waals surface area contributed by atoms with Gasteiger partial charge in [0.25, 0.3) is 0 Å². The normalized spacial score (nSPS) is 12.6. The van der Waals surface area contributed by atoms with Crippen LogP contribution in [0.1, 0.15) is 29.8 Å². The van der Waals surface area contributed by atoms with Crippen molar-refractivity contribution in [2.24, 2.45) is 0 Å². The van der Waals surface area contributed by atoms with E-state index in [4.69, 9.17) is 0 Å². The van der Waals surface area contributed by atoms with E-state index in [0.29, 0.717) is 6.04 Å². The van der Waals surface area contributed by atoms with E-state index in [2.05, 4.69) is 46.9 Å². The van der Waals surface area contributed by atoms with Crippen LogP contribution in [0.3, 0.4) is 0 Å². The van der Waals surface area contributed by atoms with Gasteiger partial charge in [-0.15, -0.1) is 11.3 Å². The summed E-state index contributed by atoms with van der Waals surface area (Å²) in [6, 6.07) is 9.17. The summed E-state index contributed by atoms with van der Waals surface area (Å²) in [4.78, 5) is 4.37. The summed E-state index contributed by atoms with van der Waals surface area (Å²) in [7, 11) is 1.99. The number of aromatic nitrogens is 1. The van der Waals surface area contributed by atoms with Crippen molar-refractivity contribution >= 4 is 11.3 Å². The summed E-state index contributed by atoms with van der Waals surface area (Å²) < 4.78 is 0. The van der Waals surface area contributed by atoms with E-state index in [1.807, 2.05) is 12.6 Å². The predicted molar refractivity (Wildman–Crippen MR) is 73.4 cm³/mol. The molecular formula is C14H18N2S. The first-order valence-corrected chi connectivity index (χ1v) is 6.91. The van der Waals surface area contributed by atoms with E-state index < -0.39 is 0 Å². The summed E-state index contributed by atoms with van der Waals surface area (Å²) >= 11 is 1.65. The fraction of sp³-hybridized carbons (Fsp3) is 0.357. The molecule has 0 saturated carbocycles. The Kier molecular flexibility index (Phi) is 4.29. The predicted octanol–water partition coefficient (Wildman–Crippen LogP) is 3.21. The molecule has 0 aliphatic heterocycles. The lowest BCUT2D eigenvalue weighted by molar-refractivity contribution is 0.579. The second-order valence-corrected chi connectivity index (χ2v) is 4.85. The van der Waals surface area contributed by atoms with Gasteiger partial charge in [-0.1, -0.05) is 31.2 Å². The Morgan fingerprint density at radius 1 is 1.24 bits per heavy atom. The summed E-state index contributed by atoms with van der Waals surface area (Å²) in [5.74, 6) is 0. The lowest BCUT2D eigenvalue weighted by Crippen LogP contribution is -2.19. The van der Waals surface area contributed by atoms with Crippen LogP contribution < -0.4 is 5.32 Å². The molecule has 0 amide bonds. The van der Waals surface area contributed by atoms with Gasteiger partial charge < -0.3 is 5.32 Å². The monoisotopic (exact) mass is 246 g/mol. The fourth-order valence-corrected chi connectivity index (χ4v) is 2.50. The summed E-state index contributed by atoms with van der Waals surface area (Å²) in [6.45, 7) is 2.18. The van der Waals surface area contributed by atoms with Crippen molar-refractivity contribution in [2.45, 2.75) is 25.8 Å². The van der Waals surface area contributed by atoms with Crippen molar-refractivity contribution in [3.8, 4) is 0 Å². The number of nitrogens with zero attached hydrogens (tertiary/aromatic N) is 1. The SMILES string of the molecule is CCc1ccc(CC(NC)c2cscn2)cc1. The number of likely N-dealkylation sites (N-methyl/N-ethyl adjacent to an activating group) is 1. The standard InChI is InChI=1S/C14H18N2S/c1-3-11-4-6-12(7-5-11)8-13(15-2)14-9-17-10-16-14/h4-7,9-10,13,15H,3,8H2,1-2H3. The van der Waals surface area contributed by atoms with Crippen molar-refractivity contribution in [3.63, 3.8) is 0 Å². The van der Waals surface area contributed by atoms with Crippen LogP contribution in [0.5, 0.6) is 0 Å². The highest BCUT2D eigenvalue weighted by Gasteiger charge is 2.11. The topological polar surface area (TPSA) is 24.9 Å². The number of hydrogen-bond acceptors (Lipinski definition) is 3. The van der Waals surface area contributed by atoms with Crippen molar-refractivity contribution in [1.82, 2.24) is 10.3 Å². The minimum absolute atomic E-state index is 0.314. The van der Waals surface area contributed by atoms with Crippen molar-refractivity contribution < 1.29 is 0 Å². The van der Waals surface area contributed by atoms with Gasteiger partial charge in [0.1, 0.15) is 0 Å². The van der Waals surface area contributed by atoms with Crippen molar-refractivity contribution in [1.29, 1.82) is 0 Å². The average Bonchev–Trinajstić information content (AvgIpc) is 2.90. The van der Waals surface area contributed by atoms with Gasteiger partial charge in [-0.25, -0.2) is 4.98 Å².